The van der Waals surface area contributed by atoms with Crippen molar-refractivity contribution in [1.82, 2.24) is 51.2 Å². The van der Waals surface area contributed by atoms with Crippen molar-refractivity contribution in [3.05, 3.63) is 261 Å². The number of aromatic nitrogens is 6. The molecule has 9 N–H and O–H groups in total. The van der Waals surface area contributed by atoms with E-state index in [0.717, 1.165) is 100 Å². The van der Waals surface area contributed by atoms with Crippen molar-refractivity contribution in [3.63, 3.8) is 0 Å². The number of morpholine rings is 2. The molecule has 0 aliphatic carbocycles. The molecule has 12 aromatic rings. The Morgan fingerprint density at radius 3 is 1.10 bits per heavy atom. The summed E-state index contributed by atoms with van der Waals surface area (Å²) in [6.45, 7) is 13.0. The van der Waals surface area contributed by atoms with Gasteiger partial charge in [-0.05, 0) is 121 Å². The molecule has 123 heavy (non-hydrogen) atoms. The van der Waals surface area contributed by atoms with Crippen molar-refractivity contribution in [1.29, 1.82) is 0 Å². The van der Waals surface area contributed by atoms with Gasteiger partial charge in [0.2, 0.25) is 0 Å². The molecule has 2 aliphatic rings. The van der Waals surface area contributed by atoms with Crippen LogP contribution in [-0.4, -0.2) is 161 Å². The molecule has 642 valence electrons. The van der Waals surface area contributed by atoms with Gasteiger partial charge < -0.3 is 57.0 Å². The number of nitrogens with two attached hydrogens (primary N) is 1. The molecule has 0 radical (unpaired) electrons. The average molecular weight is 1720 g/mol. The van der Waals surface area contributed by atoms with Crippen LogP contribution in [-0.2, 0) is 38.9 Å². The summed E-state index contributed by atoms with van der Waals surface area (Å²) >= 11 is 0. The first-order valence-electron chi connectivity index (χ1n) is 36.6. The zero-order chi connectivity index (χ0) is 87.6. The molecule has 0 spiro atoms. The number of aliphatic hydroxyl groups excluding tert-OH is 1. The Labute approximate surface area is 718 Å². The number of halogens is 12. The first-order chi connectivity index (χ1) is 57.8. The van der Waals surface area contributed by atoms with Gasteiger partial charge in [-0.1, -0.05) is 117 Å². The molecule has 2 saturated heterocycles. The van der Waals surface area contributed by atoms with E-state index in [1.807, 2.05) is 41.7 Å². The van der Waals surface area contributed by atoms with Gasteiger partial charge >= 0.3 is 66.2 Å². The van der Waals surface area contributed by atoms with Crippen molar-refractivity contribution in [2.24, 2.45) is 16.2 Å². The number of nitroso groups, excluding NO2 is 1. The van der Waals surface area contributed by atoms with Gasteiger partial charge in [-0.15, -0.1) is 35.5 Å². The molecule has 2 aliphatic heterocycles. The van der Waals surface area contributed by atoms with E-state index in [1.54, 1.807) is 123 Å². The van der Waals surface area contributed by atoms with Crippen LogP contribution in [0, 0.1) is 18.8 Å². The van der Waals surface area contributed by atoms with E-state index in [1.165, 1.54) is 24.8 Å². The molecule has 1 amide bonds. The van der Waals surface area contributed by atoms with Gasteiger partial charge in [0.25, 0.3) is 5.91 Å². The second kappa shape index (κ2) is 45.6. The number of hydrogen-bond donors (Lipinski definition) is 8. The Bertz CT molecular complexity index is 5500. The number of nitrogens with one attached hydrogen (secondary N) is 5. The van der Waals surface area contributed by atoms with Crippen molar-refractivity contribution in [2.75, 3.05) is 109 Å². The summed E-state index contributed by atoms with van der Waals surface area (Å²) in [6.07, 6.45) is -18.9. The fourth-order valence-corrected chi connectivity index (χ4v) is 12.4. The third-order valence-corrected chi connectivity index (χ3v) is 18.1. The van der Waals surface area contributed by atoms with Gasteiger partial charge in [0, 0.05) is 131 Å². The summed E-state index contributed by atoms with van der Waals surface area (Å²) in [7, 11) is 2.31. The largest absolute Gasteiger partial charge is 1.00 e. The fraction of sp³-hybridized carbons (Fsp3) is 0.250. The third kappa shape index (κ3) is 27.6. The molecular formula is C84H82F12N17NaO9. The number of benzene rings is 9. The Morgan fingerprint density at radius 2 is 0.789 bits per heavy atom. The number of hydrogen-bond acceptors (Lipinski definition) is 22. The predicted octanol–water partition coefficient (Wildman–Crippen LogP) is 15.1. The minimum absolute atomic E-state index is 0. The molecule has 26 nitrogen and oxygen atoms in total. The maximum atomic E-state index is 13.3. The van der Waals surface area contributed by atoms with E-state index in [0.29, 0.717) is 122 Å². The molecule has 14 rings (SSSR count). The molecule has 39 heteroatoms. The molecule has 2 fully saturated rings. The summed E-state index contributed by atoms with van der Waals surface area (Å²) in [4.78, 5) is 48.7. The molecule has 3 aromatic heterocycles. The quantitative estimate of drug-likeness (QED) is 0.00931. The first-order valence-corrected chi connectivity index (χ1v) is 36.6. The summed E-state index contributed by atoms with van der Waals surface area (Å²) < 4.78 is 174. The third-order valence-electron chi connectivity index (χ3n) is 18.1. The molecule has 0 saturated carbocycles. The number of carbonyl (C=O) groups is 3. The maximum Gasteiger partial charge on any atom is 1.00 e. The van der Waals surface area contributed by atoms with Crippen molar-refractivity contribution >= 4 is 84.7 Å². The zero-order valence-electron chi connectivity index (χ0n) is 65.8. The number of ether oxygens (including phenoxy) is 3. The van der Waals surface area contributed by atoms with Gasteiger partial charge in [0.1, 0.15) is 17.1 Å². The number of carboxylic acid groups (broad SMARTS) is 1. The number of carboxylic acids is 1. The number of anilines is 6. The number of alkyl halides is 12. The van der Waals surface area contributed by atoms with Crippen LogP contribution in [0.3, 0.4) is 0 Å². The smallest absolute Gasteiger partial charge is 0.478 e. The topological polar surface area (TPSA) is 353 Å². The number of amides is 1. The van der Waals surface area contributed by atoms with E-state index < -0.39 is 64.6 Å². The molecular weight excluding hydrogens is 1640 g/mol. The van der Waals surface area contributed by atoms with Gasteiger partial charge in [-0.3, -0.25) is 25.4 Å². The molecule has 0 unspecified atom stereocenters. The van der Waals surface area contributed by atoms with Crippen LogP contribution in [0.5, 0.6) is 0 Å². The molecule has 0 atom stereocenters. The number of aliphatic hydroxyl groups is 1. The summed E-state index contributed by atoms with van der Waals surface area (Å²) in [5, 5.41) is 60.7. The molecule has 0 bridgehead atoms. The Balaban J connectivity index is 0.000000233. The SMILES string of the molecule is C.CO.COC(=O)c1ccc(-c2nnc(Nc3cc(C)cc(C(F)(F)F)c3)c3ccccc23)cc1.Cc1cc(Nc2nnc(-c3ccc(C(=O)O)cc3)c3ccccc23)cc(C(F)(F)F)c1.NCCN1CCOCC1.O=C(NCCN1CCOCC1)c1ccc(-c2nnc(Nc3cc(C(F)(F)F)cc(C(F)(F)F)c3)c3ccccc23)cc1.[N-]=NNN=O.[Na+]. The van der Waals surface area contributed by atoms with E-state index in [-0.39, 0.29) is 71.7 Å². The number of aromatic carboxylic acids is 1. The van der Waals surface area contributed by atoms with Crippen LogP contribution in [0.2, 0.25) is 0 Å². The fourth-order valence-electron chi connectivity index (χ4n) is 12.4. The number of aryl methyl sites for hydroxylation is 2. The van der Waals surface area contributed by atoms with Crippen molar-refractivity contribution < 1.29 is 121 Å². The minimum Gasteiger partial charge on any atom is -0.478 e. The number of carbonyl (C=O) groups excluding carboxylic acids is 2. The summed E-state index contributed by atoms with van der Waals surface area (Å²) in [5.41, 5.74) is 15.3. The number of esters is 1. The number of fused-ring (bicyclic) bond motifs is 3. The van der Waals surface area contributed by atoms with E-state index >= 15 is 0 Å². The number of nitrogens with zero attached hydrogens (tertiary/aromatic N) is 11. The van der Waals surface area contributed by atoms with Crippen LogP contribution in [0.15, 0.2) is 211 Å². The van der Waals surface area contributed by atoms with Gasteiger partial charge in [-0.25, -0.2) is 9.59 Å². The van der Waals surface area contributed by atoms with E-state index in [2.05, 4.69) is 66.9 Å². The zero-order valence-corrected chi connectivity index (χ0v) is 67.8. The maximum absolute atomic E-state index is 13.3. The van der Waals surface area contributed by atoms with Crippen LogP contribution in [0.1, 0.15) is 71.9 Å². The van der Waals surface area contributed by atoms with Crippen LogP contribution in [0.25, 0.3) is 71.6 Å². The van der Waals surface area contributed by atoms with Gasteiger partial charge in [-0.2, -0.15) is 52.7 Å². The first kappa shape index (κ1) is 97.8. The van der Waals surface area contributed by atoms with Gasteiger partial charge in [0.05, 0.1) is 66.9 Å². The standard InChI is InChI=1S/C29H25F6N5O2.C24H18F3N3O2.C23H16F3N3O2.C6H14N2O.CH4O.CH4.HN4O.Na/c30-28(31,32)20-15-21(29(33,34)35)17-22(16-20)37-26-24-4-2-1-3-23(24)25(38-39-26)18-5-7-19(8-6-18)27(41)36-9-10-40-11-13-42-14-12-40;1-14-11-17(24(25,26)27)13-18(12-14)28-22-20-6-4-3-5-19(20)21(29-30-22)15-7-9-16(10-8-15)23(31)32-2;1-13-10-16(23(24,25)26)12-17(11-13)27-21-19-5-3-2-4-18(19)20(28-29-21)14-6-8-15(9-7-14)22(30)31;7-1-2-8-3-5-9-6-4-8;1-2;;1-2-3-4-5;/h1-8,15-17H,9-14H2,(H,36,41)(H,37,39);3-13H,1-2H3,(H,28,30);2-12H,1H3,(H,27,29)(H,30,31);1-7H2;2H,1H3;1H4;(H-,1,3,5);/q;;;;;;-1;+1. The van der Waals surface area contributed by atoms with Crippen LogP contribution >= 0.6 is 0 Å². The van der Waals surface area contributed by atoms with Crippen LogP contribution < -0.4 is 62.1 Å². The molecule has 5 heterocycles. The van der Waals surface area contributed by atoms with E-state index in [9.17, 15) is 67.1 Å². The predicted molar refractivity (Wildman–Crippen MR) is 437 cm³/mol. The Kier molecular flexibility index (Phi) is 36.2. The number of rotatable bonds is 19. The van der Waals surface area contributed by atoms with Crippen molar-refractivity contribution in [2.45, 2.75) is 46.0 Å². The molecule has 9 aromatic carbocycles. The number of methoxy groups -OCH3 is 1. The van der Waals surface area contributed by atoms with Crippen LogP contribution in [0.4, 0.5) is 87.2 Å². The van der Waals surface area contributed by atoms with E-state index in [4.69, 9.17) is 40.6 Å². The second-order valence-corrected chi connectivity index (χ2v) is 26.4. The Morgan fingerprint density at radius 1 is 0.472 bits per heavy atom. The monoisotopic (exact) mass is 1720 g/mol. The summed E-state index contributed by atoms with van der Waals surface area (Å²) in [5.74, 6) is -1.06. The second-order valence-electron chi connectivity index (χ2n) is 26.4. The summed E-state index contributed by atoms with van der Waals surface area (Å²) in [6, 6.07) is 49.7. The van der Waals surface area contributed by atoms with Gasteiger partial charge in [0.15, 0.2) is 17.5 Å². The van der Waals surface area contributed by atoms with Crippen molar-refractivity contribution in [3.8, 4) is 33.8 Å². The normalized spacial score (nSPS) is 12.8. The average Bonchev–Trinajstić information content (AvgIpc) is 0.781. The Hall–Kier alpha value is -12.3. The minimum atomic E-state index is -4.99.